The first-order chi connectivity index (χ1) is 19.2. The predicted octanol–water partition coefficient (Wildman–Crippen LogP) is 10.8. The van der Waals surface area contributed by atoms with Gasteiger partial charge in [0.25, 0.3) is 0 Å². The Labute approximate surface area is 240 Å². The molecule has 5 aromatic rings. The van der Waals surface area contributed by atoms with Gasteiger partial charge in [0.2, 0.25) is 0 Å². The molecule has 1 unspecified atom stereocenters. The number of benzene rings is 4. The van der Waals surface area contributed by atoms with Gasteiger partial charge in [-0.3, -0.25) is 4.57 Å². The SMILES string of the molecule is CCC(C)c1ccc2c(c1-c1nc3ccccc3n1-c1c(C(C)C)cccc1C(C)C)C(C)(C)c1ccccc1-2. The van der Waals surface area contributed by atoms with Crippen LogP contribution in [0.25, 0.3) is 39.2 Å². The van der Waals surface area contributed by atoms with Gasteiger partial charge in [0.05, 0.1) is 16.7 Å². The van der Waals surface area contributed by atoms with E-state index in [9.17, 15) is 0 Å². The van der Waals surface area contributed by atoms with Crippen LogP contribution >= 0.6 is 0 Å². The van der Waals surface area contributed by atoms with Gasteiger partial charge in [-0.1, -0.05) is 122 Å². The topological polar surface area (TPSA) is 17.8 Å². The van der Waals surface area contributed by atoms with Crippen LogP contribution in [0.15, 0.2) is 78.9 Å². The number of nitrogens with zero attached hydrogens (tertiary/aromatic N) is 2. The van der Waals surface area contributed by atoms with Crippen LogP contribution in [0.3, 0.4) is 0 Å². The number of rotatable bonds is 6. The monoisotopic (exact) mass is 526 g/mol. The van der Waals surface area contributed by atoms with Crippen molar-refractivity contribution in [1.82, 2.24) is 9.55 Å². The summed E-state index contributed by atoms with van der Waals surface area (Å²) < 4.78 is 2.51. The highest BCUT2D eigenvalue weighted by Gasteiger charge is 2.40. The zero-order valence-corrected chi connectivity index (χ0v) is 25.3. The molecule has 40 heavy (non-hydrogen) atoms. The summed E-state index contributed by atoms with van der Waals surface area (Å²) in [6.07, 6.45) is 1.08. The Kier molecular flexibility index (Phi) is 6.49. The second-order valence-electron chi connectivity index (χ2n) is 12.8. The standard InChI is InChI=1S/C38H42N2/c1-9-25(6)28-21-22-30-29-15-10-11-18-31(29)38(7,8)35(30)34(28)37-39-32-19-12-13-20-33(32)40(37)36-26(23(2)3)16-14-17-27(36)24(4)5/h10-25H,9H2,1-8H3. The van der Waals surface area contributed by atoms with Crippen molar-refractivity contribution in [2.45, 2.75) is 85.0 Å². The molecule has 204 valence electrons. The molecule has 0 fully saturated rings. The van der Waals surface area contributed by atoms with Crippen LogP contribution in [0, 0.1) is 0 Å². The van der Waals surface area contributed by atoms with Gasteiger partial charge in [0.15, 0.2) is 0 Å². The smallest absolute Gasteiger partial charge is 0.146 e. The quantitative estimate of drug-likeness (QED) is 0.215. The summed E-state index contributed by atoms with van der Waals surface area (Å²) in [4.78, 5) is 5.51. The number of hydrogen-bond acceptors (Lipinski definition) is 1. The van der Waals surface area contributed by atoms with Gasteiger partial charge in [0.1, 0.15) is 5.82 Å². The van der Waals surface area contributed by atoms with Gasteiger partial charge >= 0.3 is 0 Å². The third-order valence-electron chi connectivity index (χ3n) is 9.25. The maximum Gasteiger partial charge on any atom is 0.146 e. The summed E-state index contributed by atoms with van der Waals surface area (Å²) in [6, 6.07) is 29.3. The Balaban J connectivity index is 1.81. The molecule has 6 rings (SSSR count). The lowest BCUT2D eigenvalue weighted by Gasteiger charge is -2.29. The van der Waals surface area contributed by atoms with Crippen molar-refractivity contribution in [3.05, 3.63) is 107 Å². The highest BCUT2D eigenvalue weighted by atomic mass is 15.1. The van der Waals surface area contributed by atoms with Crippen molar-refractivity contribution in [3.8, 4) is 28.2 Å². The van der Waals surface area contributed by atoms with Crippen LogP contribution < -0.4 is 0 Å². The maximum absolute atomic E-state index is 5.51. The van der Waals surface area contributed by atoms with Crippen LogP contribution in [0.1, 0.15) is 107 Å². The summed E-state index contributed by atoms with van der Waals surface area (Å²) >= 11 is 0. The normalized spacial score (nSPS) is 14.7. The molecule has 4 aromatic carbocycles. The number of imidazole rings is 1. The van der Waals surface area contributed by atoms with Crippen LogP contribution in [0.5, 0.6) is 0 Å². The predicted molar refractivity (Wildman–Crippen MR) is 171 cm³/mol. The van der Waals surface area contributed by atoms with Gasteiger partial charge < -0.3 is 0 Å². The van der Waals surface area contributed by atoms with Gasteiger partial charge in [-0.25, -0.2) is 4.98 Å². The van der Waals surface area contributed by atoms with Crippen LogP contribution in [-0.4, -0.2) is 9.55 Å². The minimum atomic E-state index is -0.133. The van der Waals surface area contributed by atoms with Gasteiger partial charge in [-0.15, -0.1) is 0 Å². The highest BCUT2D eigenvalue weighted by Crippen LogP contribution is 2.54. The Bertz CT molecular complexity index is 1700. The minimum absolute atomic E-state index is 0.133. The fourth-order valence-electron chi connectivity index (χ4n) is 6.95. The van der Waals surface area contributed by atoms with E-state index < -0.39 is 0 Å². The number of fused-ring (bicyclic) bond motifs is 4. The van der Waals surface area contributed by atoms with E-state index in [1.807, 2.05) is 0 Å². The molecule has 1 heterocycles. The van der Waals surface area contributed by atoms with Crippen molar-refractivity contribution >= 4 is 11.0 Å². The zero-order valence-electron chi connectivity index (χ0n) is 25.3. The molecular weight excluding hydrogens is 484 g/mol. The molecular formula is C38H42N2. The number of hydrogen-bond donors (Lipinski definition) is 0. The molecule has 0 amide bonds. The fourth-order valence-corrected chi connectivity index (χ4v) is 6.95. The third-order valence-corrected chi connectivity index (χ3v) is 9.25. The van der Waals surface area contributed by atoms with Crippen LogP contribution in [0.2, 0.25) is 0 Å². The van der Waals surface area contributed by atoms with E-state index in [2.05, 4.69) is 139 Å². The molecule has 2 heteroatoms. The van der Waals surface area contributed by atoms with E-state index in [-0.39, 0.29) is 5.41 Å². The maximum atomic E-state index is 5.51. The molecule has 0 bridgehead atoms. The number of aromatic nitrogens is 2. The highest BCUT2D eigenvalue weighted by molar-refractivity contribution is 5.92. The Morgan fingerprint density at radius 1 is 0.700 bits per heavy atom. The lowest BCUT2D eigenvalue weighted by atomic mass is 9.77. The average molecular weight is 527 g/mol. The Morgan fingerprint density at radius 2 is 1.35 bits per heavy atom. The van der Waals surface area contributed by atoms with Crippen LogP contribution in [0.4, 0.5) is 0 Å². The van der Waals surface area contributed by atoms with E-state index in [0.29, 0.717) is 17.8 Å². The molecule has 1 aliphatic carbocycles. The summed E-state index contributed by atoms with van der Waals surface area (Å²) in [6.45, 7) is 18.7. The van der Waals surface area contributed by atoms with Crippen molar-refractivity contribution < 1.29 is 0 Å². The first kappa shape index (κ1) is 26.6. The molecule has 0 N–H and O–H groups in total. The number of para-hydroxylation sites is 3. The van der Waals surface area contributed by atoms with E-state index >= 15 is 0 Å². The van der Waals surface area contributed by atoms with Crippen molar-refractivity contribution in [2.75, 3.05) is 0 Å². The molecule has 0 spiro atoms. The summed E-state index contributed by atoms with van der Waals surface area (Å²) in [5.74, 6) is 2.26. The minimum Gasteiger partial charge on any atom is -0.292 e. The van der Waals surface area contributed by atoms with Crippen molar-refractivity contribution in [1.29, 1.82) is 0 Å². The molecule has 0 aliphatic heterocycles. The van der Waals surface area contributed by atoms with Crippen molar-refractivity contribution in [2.24, 2.45) is 0 Å². The lowest BCUT2D eigenvalue weighted by Crippen LogP contribution is -2.19. The van der Waals surface area contributed by atoms with Gasteiger partial charge in [-0.2, -0.15) is 0 Å². The van der Waals surface area contributed by atoms with Gasteiger partial charge in [0, 0.05) is 11.0 Å². The summed E-state index contributed by atoms with van der Waals surface area (Å²) in [5.41, 5.74) is 14.4. The van der Waals surface area contributed by atoms with Crippen LogP contribution in [-0.2, 0) is 5.41 Å². The fraction of sp³-hybridized carbons (Fsp3) is 0.342. The largest absolute Gasteiger partial charge is 0.292 e. The molecule has 1 aromatic heterocycles. The Morgan fingerprint density at radius 3 is 2.02 bits per heavy atom. The third kappa shape index (κ3) is 3.87. The lowest BCUT2D eigenvalue weighted by molar-refractivity contribution is 0.656. The average Bonchev–Trinajstić information content (AvgIpc) is 3.44. The van der Waals surface area contributed by atoms with E-state index in [4.69, 9.17) is 4.98 Å². The second-order valence-corrected chi connectivity index (χ2v) is 12.8. The Hall–Kier alpha value is -3.65. The first-order valence-electron chi connectivity index (χ1n) is 15.0. The molecule has 2 nitrogen and oxygen atoms in total. The molecule has 1 atom stereocenters. The molecule has 0 radical (unpaired) electrons. The summed E-state index contributed by atoms with van der Waals surface area (Å²) in [5, 5.41) is 0. The second kappa shape index (κ2) is 9.77. The molecule has 0 saturated heterocycles. The molecule has 0 saturated carbocycles. The van der Waals surface area contributed by atoms with E-state index in [1.165, 1.54) is 55.7 Å². The zero-order chi connectivity index (χ0) is 28.3. The molecule has 1 aliphatic rings. The van der Waals surface area contributed by atoms with Gasteiger partial charge in [-0.05, 0) is 75.3 Å². The van der Waals surface area contributed by atoms with Crippen molar-refractivity contribution in [3.63, 3.8) is 0 Å². The summed E-state index contributed by atoms with van der Waals surface area (Å²) in [7, 11) is 0. The van der Waals surface area contributed by atoms with E-state index in [0.717, 1.165) is 17.8 Å². The van der Waals surface area contributed by atoms with E-state index in [1.54, 1.807) is 0 Å². The first-order valence-corrected chi connectivity index (χ1v) is 15.0.